The van der Waals surface area contributed by atoms with E-state index in [0.29, 0.717) is 0 Å². The molecule has 3 heterocycles. The van der Waals surface area contributed by atoms with E-state index >= 15 is 0 Å². The third-order valence-electron chi connectivity index (χ3n) is 5.08. The summed E-state index contributed by atoms with van der Waals surface area (Å²) < 4.78 is 0. The Hall–Kier alpha value is -2.03. The van der Waals surface area contributed by atoms with E-state index in [1.54, 1.807) is 0 Å². The SMILES string of the molecule is CN1CCCC1.N#CC1=CCC=C(c2ccc(C(=O)N3CCCC3)cc2)S1. The van der Waals surface area contributed by atoms with Crippen molar-refractivity contribution in [3.8, 4) is 6.07 Å². The average molecular weight is 382 g/mol. The van der Waals surface area contributed by atoms with E-state index in [-0.39, 0.29) is 5.91 Å². The molecule has 0 bridgehead atoms. The molecule has 0 spiro atoms. The van der Waals surface area contributed by atoms with Gasteiger partial charge in [0.25, 0.3) is 5.91 Å². The van der Waals surface area contributed by atoms with Crippen LogP contribution in [0.5, 0.6) is 0 Å². The molecule has 4 rings (SSSR count). The Morgan fingerprint density at radius 2 is 1.63 bits per heavy atom. The van der Waals surface area contributed by atoms with Crippen LogP contribution in [-0.2, 0) is 0 Å². The predicted octanol–water partition coefficient (Wildman–Crippen LogP) is 4.52. The van der Waals surface area contributed by atoms with Crippen molar-refractivity contribution in [2.24, 2.45) is 0 Å². The summed E-state index contributed by atoms with van der Waals surface area (Å²) in [6, 6.07) is 9.92. The monoisotopic (exact) mass is 381 g/mol. The molecule has 27 heavy (non-hydrogen) atoms. The fourth-order valence-corrected chi connectivity index (χ4v) is 4.37. The van der Waals surface area contributed by atoms with Crippen LogP contribution in [0.25, 0.3) is 4.91 Å². The first-order valence-electron chi connectivity index (χ1n) is 9.74. The molecule has 0 atom stereocenters. The van der Waals surface area contributed by atoms with Crippen LogP contribution in [0.4, 0.5) is 0 Å². The normalized spacial score (nSPS) is 19.6. The van der Waals surface area contributed by atoms with E-state index in [0.717, 1.165) is 53.3 Å². The first-order chi connectivity index (χ1) is 13.2. The Bertz CT molecular complexity index is 749. The Morgan fingerprint density at radius 1 is 1.00 bits per heavy atom. The number of allylic oxidation sites excluding steroid dienone is 3. The van der Waals surface area contributed by atoms with Crippen LogP contribution in [-0.4, -0.2) is 48.9 Å². The lowest BCUT2D eigenvalue weighted by Crippen LogP contribution is -2.27. The number of benzene rings is 1. The quantitative estimate of drug-likeness (QED) is 0.756. The highest BCUT2D eigenvalue weighted by molar-refractivity contribution is 8.12. The minimum atomic E-state index is 0.127. The van der Waals surface area contributed by atoms with Gasteiger partial charge >= 0.3 is 0 Å². The third kappa shape index (κ3) is 5.47. The molecule has 2 saturated heterocycles. The summed E-state index contributed by atoms with van der Waals surface area (Å²) in [5.41, 5.74) is 1.82. The molecule has 5 heteroatoms. The number of hydrogen-bond donors (Lipinski definition) is 0. The lowest BCUT2D eigenvalue weighted by Gasteiger charge is -2.16. The van der Waals surface area contributed by atoms with E-state index < -0.39 is 0 Å². The van der Waals surface area contributed by atoms with Crippen LogP contribution in [0.3, 0.4) is 0 Å². The molecule has 1 aromatic rings. The molecule has 4 nitrogen and oxygen atoms in total. The molecule has 142 valence electrons. The van der Waals surface area contributed by atoms with Gasteiger partial charge in [0, 0.05) is 23.6 Å². The summed E-state index contributed by atoms with van der Waals surface area (Å²) in [5, 5.41) is 8.98. The Kier molecular flexibility index (Phi) is 7.14. The van der Waals surface area contributed by atoms with Crippen LogP contribution in [0, 0.1) is 11.3 Å². The molecule has 1 aromatic carbocycles. The minimum absolute atomic E-state index is 0.127. The third-order valence-corrected chi connectivity index (χ3v) is 6.18. The van der Waals surface area contributed by atoms with Crippen LogP contribution in [0.1, 0.15) is 48.0 Å². The second-order valence-electron chi connectivity index (χ2n) is 7.17. The summed E-state index contributed by atoms with van der Waals surface area (Å²) in [6.07, 6.45) is 9.88. The lowest BCUT2D eigenvalue weighted by atomic mass is 10.1. The van der Waals surface area contributed by atoms with Crippen molar-refractivity contribution in [1.29, 1.82) is 5.26 Å². The maximum absolute atomic E-state index is 12.3. The number of likely N-dealkylation sites (tertiary alicyclic amines) is 2. The van der Waals surface area contributed by atoms with Crippen molar-refractivity contribution in [1.82, 2.24) is 9.80 Å². The number of amides is 1. The number of hydrogen-bond acceptors (Lipinski definition) is 4. The zero-order valence-corrected chi connectivity index (χ0v) is 16.8. The van der Waals surface area contributed by atoms with E-state index in [2.05, 4.69) is 24.1 Å². The molecule has 0 saturated carbocycles. The maximum Gasteiger partial charge on any atom is 0.253 e. The van der Waals surface area contributed by atoms with Gasteiger partial charge in [-0.3, -0.25) is 4.79 Å². The standard InChI is InChI=1S/C17H16N2OS.C5H11N/c18-12-15-4-3-5-16(21-15)13-6-8-14(9-7-13)17(20)19-10-1-2-11-19;1-6-4-2-3-5-6/h4-9H,1-3,10-11H2;2-5H2,1H3. The molecule has 3 aliphatic rings. The molecule has 1 amide bonds. The summed E-state index contributed by atoms with van der Waals surface area (Å²) in [7, 11) is 2.17. The van der Waals surface area contributed by atoms with E-state index in [4.69, 9.17) is 5.26 Å². The van der Waals surface area contributed by atoms with Crippen molar-refractivity contribution in [3.63, 3.8) is 0 Å². The van der Waals surface area contributed by atoms with E-state index in [1.165, 1.54) is 37.7 Å². The number of carbonyl (C=O) groups excluding carboxylic acids is 1. The van der Waals surface area contributed by atoms with Crippen LogP contribution >= 0.6 is 11.8 Å². The van der Waals surface area contributed by atoms with E-state index in [1.807, 2.05) is 35.2 Å². The average Bonchev–Trinajstić information content (AvgIpc) is 3.42. The topological polar surface area (TPSA) is 47.3 Å². The number of rotatable bonds is 2. The summed E-state index contributed by atoms with van der Waals surface area (Å²) in [6.45, 7) is 4.38. The zero-order valence-electron chi connectivity index (χ0n) is 16.0. The Labute approximate surface area is 166 Å². The Morgan fingerprint density at radius 3 is 2.19 bits per heavy atom. The lowest BCUT2D eigenvalue weighted by molar-refractivity contribution is 0.0793. The number of nitrogens with zero attached hydrogens (tertiary/aromatic N) is 3. The zero-order chi connectivity index (χ0) is 19.1. The van der Waals surface area contributed by atoms with Gasteiger partial charge in [-0.25, -0.2) is 0 Å². The van der Waals surface area contributed by atoms with Crippen molar-refractivity contribution < 1.29 is 4.79 Å². The highest BCUT2D eigenvalue weighted by Crippen LogP contribution is 2.37. The molecule has 0 N–H and O–H groups in total. The van der Waals surface area contributed by atoms with Crippen molar-refractivity contribution in [3.05, 3.63) is 52.4 Å². The van der Waals surface area contributed by atoms with Crippen LogP contribution in [0.2, 0.25) is 0 Å². The largest absolute Gasteiger partial charge is 0.339 e. The highest BCUT2D eigenvalue weighted by atomic mass is 32.2. The van der Waals surface area contributed by atoms with Gasteiger partial charge in [0.05, 0.1) is 4.91 Å². The van der Waals surface area contributed by atoms with Crippen molar-refractivity contribution in [2.75, 3.05) is 33.2 Å². The molecule has 0 radical (unpaired) electrons. The van der Waals surface area contributed by atoms with Crippen LogP contribution in [0.15, 0.2) is 41.3 Å². The fourth-order valence-electron chi connectivity index (χ4n) is 3.48. The Balaban J connectivity index is 0.000000299. The van der Waals surface area contributed by atoms with Gasteiger partial charge in [-0.05, 0) is 69.9 Å². The second kappa shape index (κ2) is 9.77. The maximum atomic E-state index is 12.3. The molecule has 3 aliphatic heterocycles. The molecule has 0 unspecified atom stereocenters. The van der Waals surface area contributed by atoms with Gasteiger partial charge in [0.1, 0.15) is 6.07 Å². The second-order valence-corrected chi connectivity index (χ2v) is 8.26. The predicted molar refractivity (Wildman–Crippen MR) is 112 cm³/mol. The number of carbonyl (C=O) groups is 1. The summed E-state index contributed by atoms with van der Waals surface area (Å²) in [5.74, 6) is 0.127. The van der Waals surface area contributed by atoms with Crippen molar-refractivity contribution in [2.45, 2.75) is 32.1 Å². The van der Waals surface area contributed by atoms with Gasteiger partial charge in [-0.2, -0.15) is 5.26 Å². The smallest absolute Gasteiger partial charge is 0.253 e. The molecule has 0 aromatic heterocycles. The highest BCUT2D eigenvalue weighted by Gasteiger charge is 2.19. The number of nitriles is 1. The van der Waals surface area contributed by atoms with Gasteiger partial charge < -0.3 is 9.80 Å². The molecule has 2 fully saturated rings. The van der Waals surface area contributed by atoms with Gasteiger partial charge in [-0.1, -0.05) is 36.0 Å². The molecular weight excluding hydrogens is 354 g/mol. The first-order valence-corrected chi connectivity index (χ1v) is 10.6. The summed E-state index contributed by atoms with van der Waals surface area (Å²) in [4.78, 5) is 18.4. The minimum Gasteiger partial charge on any atom is -0.339 e. The molecule has 0 aliphatic carbocycles. The van der Waals surface area contributed by atoms with Crippen LogP contribution < -0.4 is 0 Å². The summed E-state index contributed by atoms with van der Waals surface area (Å²) >= 11 is 1.49. The van der Waals surface area contributed by atoms with Gasteiger partial charge in [0.2, 0.25) is 0 Å². The van der Waals surface area contributed by atoms with E-state index in [9.17, 15) is 4.79 Å². The molecular formula is C22H27N3OS. The van der Waals surface area contributed by atoms with Crippen molar-refractivity contribution >= 4 is 22.6 Å². The van der Waals surface area contributed by atoms with Gasteiger partial charge in [0.15, 0.2) is 0 Å². The van der Waals surface area contributed by atoms with Gasteiger partial charge in [-0.15, -0.1) is 0 Å². The first kappa shape index (κ1) is 19.7. The number of thioether (sulfide) groups is 1. The fraction of sp³-hybridized carbons (Fsp3) is 0.455.